The highest BCUT2D eigenvalue weighted by molar-refractivity contribution is 5.16. The molecule has 1 aliphatic carbocycles. The van der Waals surface area contributed by atoms with Gasteiger partial charge in [-0.3, -0.25) is 0 Å². The van der Waals surface area contributed by atoms with Crippen LogP contribution in [0.25, 0.3) is 0 Å². The molecule has 1 N–H and O–H groups in total. The minimum absolute atomic E-state index is 0.473. The lowest BCUT2D eigenvalue weighted by molar-refractivity contribution is 0.500. The molecule has 1 aromatic carbocycles. The van der Waals surface area contributed by atoms with Gasteiger partial charge in [-0.2, -0.15) is 0 Å². The molecule has 1 aliphatic rings. The monoisotopic (exact) mass is 273 g/mol. The van der Waals surface area contributed by atoms with Crippen molar-refractivity contribution in [1.29, 1.82) is 0 Å². The molecule has 0 bridgehead atoms. The predicted octanol–water partition coefficient (Wildman–Crippen LogP) is 5.33. The van der Waals surface area contributed by atoms with Crippen LogP contribution < -0.4 is 5.32 Å². The third kappa shape index (κ3) is 6.27. The topological polar surface area (TPSA) is 12.0 Å². The van der Waals surface area contributed by atoms with Gasteiger partial charge in [-0.1, -0.05) is 76.4 Å². The Kier molecular flexibility index (Phi) is 8.10. The molecule has 0 heterocycles. The van der Waals surface area contributed by atoms with Crippen molar-refractivity contribution in [3.63, 3.8) is 0 Å². The standard InChI is InChI=1S/C17H25N.C2H6/c1-14(12-16-8-4-3-5-9-16)18-15(2)13-17-10-6-7-11-17;1-2/h3-5,8-9,14,17-18H,2,6-7,10-13H2,1H3;1-2H3. The molecule has 1 unspecified atom stereocenters. The van der Waals surface area contributed by atoms with Gasteiger partial charge in [0.25, 0.3) is 0 Å². The quantitative estimate of drug-likeness (QED) is 0.739. The number of benzene rings is 1. The van der Waals surface area contributed by atoms with Gasteiger partial charge in [-0.25, -0.2) is 0 Å². The number of allylic oxidation sites excluding steroid dienone is 1. The Balaban J connectivity index is 0.000000956. The summed E-state index contributed by atoms with van der Waals surface area (Å²) in [6.07, 6.45) is 7.86. The van der Waals surface area contributed by atoms with Crippen LogP contribution in [0.1, 0.15) is 58.4 Å². The molecule has 1 aromatic rings. The Hall–Kier alpha value is -1.24. The molecule has 0 aromatic heterocycles. The third-order valence-corrected chi connectivity index (χ3v) is 3.85. The van der Waals surface area contributed by atoms with E-state index < -0.39 is 0 Å². The first-order valence-electron chi connectivity index (χ1n) is 8.22. The number of hydrogen-bond donors (Lipinski definition) is 1. The van der Waals surface area contributed by atoms with Gasteiger partial charge in [-0.05, 0) is 31.2 Å². The summed E-state index contributed by atoms with van der Waals surface area (Å²) in [7, 11) is 0. The van der Waals surface area contributed by atoms with Gasteiger partial charge in [-0.15, -0.1) is 0 Å². The molecule has 1 fully saturated rings. The van der Waals surface area contributed by atoms with Crippen LogP contribution in [0.4, 0.5) is 0 Å². The molecule has 1 heteroatoms. The Bertz CT molecular complexity index is 363. The third-order valence-electron chi connectivity index (χ3n) is 3.85. The summed E-state index contributed by atoms with van der Waals surface area (Å²) in [6, 6.07) is 11.1. The molecule has 0 spiro atoms. The fourth-order valence-corrected chi connectivity index (χ4v) is 2.99. The van der Waals surface area contributed by atoms with E-state index >= 15 is 0 Å². The minimum atomic E-state index is 0.473. The Morgan fingerprint density at radius 3 is 2.40 bits per heavy atom. The van der Waals surface area contributed by atoms with Gasteiger partial charge in [0.15, 0.2) is 0 Å². The van der Waals surface area contributed by atoms with Gasteiger partial charge < -0.3 is 5.32 Å². The molecule has 0 saturated heterocycles. The number of rotatable bonds is 6. The zero-order valence-corrected chi connectivity index (χ0v) is 13.5. The fourth-order valence-electron chi connectivity index (χ4n) is 2.99. The molecule has 0 aliphatic heterocycles. The van der Waals surface area contributed by atoms with Gasteiger partial charge in [0.05, 0.1) is 0 Å². The average Bonchev–Trinajstić information content (AvgIpc) is 2.94. The molecule has 2 rings (SSSR count). The van der Waals surface area contributed by atoms with Gasteiger partial charge in [0.1, 0.15) is 0 Å². The lowest BCUT2D eigenvalue weighted by Crippen LogP contribution is -2.27. The number of nitrogens with one attached hydrogen (secondary N) is 1. The highest BCUT2D eigenvalue weighted by Gasteiger charge is 2.16. The zero-order valence-electron chi connectivity index (χ0n) is 13.5. The van der Waals surface area contributed by atoms with Crippen molar-refractivity contribution in [2.24, 2.45) is 5.92 Å². The van der Waals surface area contributed by atoms with Crippen LogP contribution in [0, 0.1) is 5.92 Å². The first-order valence-corrected chi connectivity index (χ1v) is 8.22. The van der Waals surface area contributed by atoms with Gasteiger partial charge >= 0.3 is 0 Å². The van der Waals surface area contributed by atoms with Crippen LogP contribution in [-0.2, 0) is 6.42 Å². The van der Waals surface area contributed by atoms with Crippen molar-refractivity contribution in [2.45, 2.75) is 65.3 Å². The maximum Gasteiger partial charge on any atom is 0.0270 e. The summed E-state index contributed by atoms with van der Waals surface area (Å²) in [5, 5.41) is 3.56. The summed E-state index contributed by atoms with van der Waals surface area (Å²) in [6.45, 7) is 10.4. The SMILES string of the molecule is C=C(CC1CCCC1)NC(C)Cc1ccccc1.CC. The van der Waals surface area contributed by atoms with E-state index in [9.17, 15) is 0 Å². The van der Waals surface area contributed by atoms with Crippen LogP contribution in [0.5, 0.6) is 0 Å². The molecular formula is C19H31N. The molecule has 1 nitrogen and oxygen atoms in total. The fraction of sp³-hybridized carbons (Fsp3) is 0.579. The van der Waals surface area contributed by atoms with E-state index in [1.54, 1.807) is 0 Å². The average molecular weight is 273 g/mol. The molecule has 112 valence electrons. The first-order chi connectivity index (χ1) is 9.74. The van der Waals surface area contributed by atoms with Gasteiger partial charge in [0, 0.05) is 11.7 Å². The summed E-state index contributed by atoms with van der Waals surface area (Å²) in [4.78, 5) is 0. The summed E-state index contributed by atoms with van der Waals surface area (Å²) in [5.74, 6) is 0.883. The van der Waals surface area contributed by atoms with E-state index in [-0.39, 0.29) is 0 Å². The van der Waals surface area contributed by atoms with Crippen molar-refractivity contribution in [1.82, 2.24) is 5.32 Å². The summed E-state index contributed by atoms with van der Waals surface area (Å²) < 4.78 is 0. The predicted molar refractivity (Wildman–Crippen MR) is 89.8 cm³/mol. The molecule has 1 atom stereocenters. The Labute approximate surface area is 125 Å². The van der Waals surface area contributed by atoms with Crippen LogP contribution in [0.3, 0.4) is 0 Å². The minimum Gasteiger partial charge on any atom is -0.386 e. The van der Waals surface area contributed by atoms with E-state index in [4.69, 9.17) is 0 Å². The summed E-state index contributed by atoms with van der Waals surface area (Å²) >= 11 is 0. The molecule has 20 heavy (non-hydrogen) atoms. The van der Waals surface area contributed by atoms with Crippen LogP contribution >= 0.6 is 0 Å². The van der Waals surface area contributed by atoms with Crippen LogP contribution in [0.15, 0.2) is 42.6 Å². The van der Waals surface area contributed by atoms with Crippen molar-refractivity contribution in [3.8, 4) is 0 Å². The molecule has 0 amide bonds. The Morgan fingerprint density at radius 2 is 1.80 bits per heavy atom. The normalized spacial score (nSPS) is 16.1. The molecular weight excluding hydrogens is 242 g/mol. The summed E-state index contributed by atoms with van der Waals surface area (Å²) in [5.41, 5.74) is 2.62. The van der Waals surface area contributed by atoms with E-state index in [1.807, 2.05) is 13.8 Å². The number of hydrogen-bond acceptors (Lipinski definition) is 1. The molecule has 1 saturated carbocycles. The van der Waals surface area contributed by atoms with Crippen LogP contribution in [-0.4, -0.2) is 6.04 Å². The second kappa shape index (κ2) is 9.63. The van der Waals surface area contributed by atoms with Crippen molar-refractivity contribution < 1.29 is 0 Å². The highest BCUT2D eigenvalue weighted by Crippen LogP contribution is 2.29. The smallest absolute Gasteiger partial charge is 0.0270 e. The van der Waals surface area contributed by atoms with Crippen molar-refractivity contribution in [3.05, 3.63) is 48.2 Å². The largest absolute Gasteiger partial charge is 0.386 e. The van der Waals surface area contributed by atoms with E-state index in [2.05, 4.69) is 49.2 Å². The van der Waals surface area contributed by atoms with E-state index in [0.29, 0.717) is 6.04 Å². The second-order valence-electron chi connectivity index (χ2n) is 5.69. The zero-order chi connectivity index (χ0) is 14.8. The highest BCUT2D eigenvalue weighted by atomic mass is 14.9. The molecule has 0 radical (unpaired) electrons. The van der Waals surface area contributed by atoms with E-state index in [1.165, 1.54) is 43.4 Å². The Morgan fingerprint density at radius 1 is 1.20 bits per heavy atom. The maximum atomic E-state index is 4.19. The van der Waals surface area contributed by atoms with E-state index in [0.717, 1.165) is 12.3 Å². The van der Waals surface area contributed by atoms with Crippen molar-refractivity contribution >= 4 is 0 Å². The lowest BCUT2D eigenvalue weighted by atomic mass is 10.0. The first kappa shape index (κ1) is 16.8. The van der Waals surface area contributed by atoms with Crippen molar-refractivity contribution in [2.75, 3.05) is 0 Å². The van der Waals surface area contributed by atoms with Crippen LogP contribution in [0.2, 0.25) is 0 Å². The second-order valence-corrected chi connectivity index (χ2v) is 5.69. The maximum absolute atomic E-state index is 4.19. The lowest BCUT2D eigenvalue weighted by Gasteiger charge is -2.19. The van der Waals surface area contributed by atoms with Gasteiger partial charge in [0.2, 0.25) is 0 Å².